The lowest BCUT2D eigenvalue weighted by Crippen LogP contribution is -2.67. The van der Waals surface area contributed by atoms with Crippen LogP contribution < -0.4 is 0 Å². The highest BCUT2D eigenvalue weighted by molar-refractivity contribution is 5.78. The first-order valence-corrected chi connectivity index (χ1v) is 15.5. The zero-order valence-corrected chi connectivity index (χ0v) is 26.4. The summed E-state index contributed by atoms with van der Waals surface area (Å²) in [5, 5.41) is 0. The fraction of sp³-hybridized carbons (Fsp3) is 0.882. The molecule has 9 atom stereocenters. The molecular weight excluding hydrogens is 488 g/mol. The highest BCUT2D eigenvalue weighted by Crippen LogP contribution is 2.76. The molecule has 0 aromatic carbocycles. The molecule has 9 unspecified atom stereocenters. The van der Waals surface area contributed by atoms with Gasteiger partial charge in [-0.15, -0.1) is 0 Å². The molecule has 0 aromatic rings. The Morgan fingerprint density at radius 1 is 0.872 bits per heavy atom. The lowest BCUT2D eigenvalue weighted by molar-refractivity contribution is -0.243. The molecule has 0 spiro atoms. The van der Waals surface area contributed by atoms with Crippen molar-refractivity contribution < 1.29 is 23.8 Å². The minimum absolute atomic E-state index is 0.0161. The van der Waals surface area contributed by atoms with Crippen molar-refractivity contribution in [1.29, 1.82) is 0 Å². The molecule has 39 heavy (non-hydrogen) atoms. The minimum Gasteiger partial charge on any atom is -0.469 e. The van der Waals surface area contributed by atoms with E-state index in [0.29, 0.717) is 11.8 Å². The summed E-state index contributed by atoms with van der Waals surface area (Å²) in [6, 6.07) is 0. The third-order valence-electron chi connectivity index (χ3n) is 13.7. The first kappa shape index (κ1) is 29.1. The van der Waals surface area contributed by atoms with Crippen molar-refractivity contribution in [2.24, 2.45) is 50.2 Å². The van der Waals surface area contributed by atoms with Gasteiger partial charge in [0.25, 0.3) is 0 Å². The van der Waals surface area contributed by atoms with Crippen LogP contribution in [0.3, 0.4) is 0 Å². The summed E-state index contributed by atoms with van der Waals surface area (Å²) in [4.78, 5) is 25.6. The molecule has 0 radical (unpaired) electrons. The summed E-state index contributed by atoms with van der Waals surface area (Å²) in [5.41, 5.74) is 1.50. The lowest BCUT2D eigenvalue weighted by Gasteiger charge is -2.71. The van der Waals surface area contributed by atoms with Crippen LogP contribution in [0.25, 0.3) is 0 Å². The summed E-state index contributed by atoms with van der Waals surface area (Å²) >= 11 is 0. The van der Waals surface area contributed by atoms with Crippen molar-refractivity contribution >= 4 is 11.9 Å². The van der Waals surface area contributed by atoms with Crippen molar-refractivity contribution in [3.63, 3.8) is 0 Å². The van der Waals surface area contributed by atoms with Crippen molar-refractivity contribution in [2.75, 3.05) is 14.2 Å². The van der Waals surface area contributed by atoms with Gasteiger partial charge in [0, 0.05) is 19.4 Å². The van der Waals surface area contributed by atoms with Gasteiger partial charge in [-0.1, -0.05) is 60.1 Å². The number of ether oxygens (including phenoxy) is 3. The average molecular weight is 543 g/mol. The molecule has 4 fully saturated rings. The molecule has 5 heteroatoms. The molecule has 0 bridgehead atoms. The van der Waals surface area contributed by atoms with E-state index in [1.807, 2.05) is 0 Å². The number of carbonyl (C=O) groups is 2. The van der Waals surface area contributed by atoms with Crippen molar-refractivity contribution in [3.8, 4) is 0 Å². The van der Waals surface area contributed by atoms with Crippen LogP contribution >= 0.6 is 0 Å². The minimum atomic E-state index is -0.370. The maximum Gasteiger partial charge on any atom is 0.312 e. The Morgan fingerprint density at radius 2 is 1.54 bits per heavy atom. The van der Waals surface area contributed by atoms with Gasteiger partial charge in [0.15, 0.2) is 0 Å². The molecule has 4 saturated carbocycles. The zero-order chi connectivity index (χ0) is 28.8. The van der Waals surface area contributed by atoms with E-state index in [0.717, 1.165) is 51.4 Å². The van der Waals surface area contributed by atoms with Crippen LogP contribution in [0.2, 0.25) is 0 Å². The first-order chi connectivity index (χ1) is 18.0. The zero-order valence-electron chi connectivity index (χ0n) is 26.4. The third kappa shape index (κ3) is 3.87. The molecule has 5 nitrogen and oxygen atoms in total. The van der Waals surface area contributed by atoms with Gasteiger partial charge in [0.05, 0.1) is 18.6 Å². The van der Waals surface area contributed by atoms with Gasteiger partial charge in [-0.3, -0.25) is 9.59 Å². The van der Waals surface area contributed by atoms with Crippen LogP contribution in [0.5, 0.6) is 0 Å². The lowest BCUT2D eigenvalue weighted by atomic mass is 9.33. The summed E-state index contributed by atoms with van der Waals surface area (Å²) < 4.78 is 17.6. The van der Waals surface area contributed by atoms with E-state index in [1.54, 1.807) is 19.8 Å². The van der Waals surface area contributed by atoms with Crippen LogP contribution in [0.15, 0.2) is 11.6 Å². The van der Waals surface area contributed by atoms with E-state index in [4.69, 9.17) is 14.2 Å². The third-order valence-corrected chi connectivity index (χ3v) is 13.7. The highest BCUT2D eigenvalue weighted by Gasteiger charge is 2.70. The number of carbonyl (C=O) groups excluding carboxylic acids is 2. The summed E-state index contributed by atoms with van der Waals surface area (Å²) in [6.45, 7) is 18.5. The Hall–Kier alpha value is -1.36. The fourth-order valence-electron chi connectivity index (χ4n) is 11.5. The molecule has 0 aromatic heterocycles. The number of allylic oxidation sites excluding steroid dienone is 2. The second-order valence-electron chi connectivity index (χ2n) is 16.2. The van der Waals surface area contributed by atoms with E-state index in [2.05, 4.69) is 54.5 Å². The molecule has 0 N–H and O–H groups in total. The number of hydrogen-bond acceptors (Lipinski definition) is 5. The van der Waals surface area contributed by atoms with E-state index in [-0.39, 0.29) is 62.6 Å². The molecule has 5 rings (SSSR count). The molecule has 0 amide bonds. The Kier molecular flexibility index (Phi) is 6.78. The van der Waals surface area contributed by atoms with Gasteiger partial charge in [-0.25, -0.2) is 0 Å². The normalized spacial score (nSPS) is 47.8. The Balaban J connectivity index is 1.58. The quantitative estimate of drug-likeness (QED) is 0.273. The first-order valence-electron chi connectivity index (χ1n) is 15.5. The predicted molar refractivity (Wildman–Crippen MR) is 153 cm³/mol. The van der Waals surface area contributed by atoms with Crippen molar-refractivity contribution in [2.45, 2.75) is 125 Å². The number of hydrogen-bond donors (Lipinski definition) is 0. The highest BCUT2D eigenvalue weighted by atomic mass is 16.6. The van der Waals surface area contributed by atoms with Gasteiger partial charge >= 0.3 is 11.9 Å². The Bertz CT molecular complexity index is 1060. The second kappa shape index (κ2) is 9.07. The van der Waals surface area contributed by atoms with E-state index < -0.39 is 0 Å². The smallest absolute Gasteiger partial charge is 0.312 e. The molecule has 0 aliphatic heterocycles. The van der Waals surface area contributed by atoms with Crippen molar-refractivity contribution in [1.82, 2.24) is 0 Å². The molecule has 0 heterocycles. The van der Waals surface area contributed by atoms with Gasteiger partial charge in [0.1, 0.15) is 6.10 Å². The summed E-state index contributed by atoms with van der Waals surface area (Å²) in [5.74, 6) is 1.02. The monoisotopic (exact) mass is 542 g/mol. The molecule has 0 saturated heterocycles. The standard InChI is InChI=1S/C34H54O5/c1-21(35)39-27-24(37-9)20-31(6)25(30(27,4)5)13-14-33(8)26(31)12-11-22-23-19-29(2,3)15-17-34(23,28(36)38-10)18-16-32(22,33)7/h11,23-27H,12-20H2,1-10H3. The average Bonchev–Trinajstić information content (AvgIpc) is 2.85. The topological polar surface area (TPSA) is 61.8 Å². The van der Waals surface area contributed by atoms with Gasteiger partial charge < -0.3 is 14.2 Å². The van der Waals surface area contributed by atoms with E-state index >= 15 is 0 Å². The van der Waals surface area contributed by atoms with Crippen molar-refractivity contribution in [3.05, 3.63) is 11.6 Å². The van der Waals surface area contributed by atoms with Crippen LogP contribution in [0.1, 0.15) is 113 Å². The fourth-order valence-corrected chi connectivity index (χ4v) is 11.5. The van der Waals surface area contributed by atoms with Crippen LogP contribution in [-0.2, 0) is 23.8 Å². The summed E-state index contributed by atoms with van der Waals surface area (Å²) in [7, 11) is 3.36. The van der Waals surface area contributed by atoms with E-state index in [1.165, 1.54) is 13.3 Å². The molecule has 220 valence electrons. The number of fused-ring (bicyclic) bond motifs is 7. The van der Waals surface area contributed by atoms with Gasteiger partial charge in [0.2, 0.25) is 0 Å². The summed E-state index contributed by atoms with van der Waals surface area (Å²) in [6.07, 6.45) is 11.6. The number of rotatable bonds is 3. The maximum atomic E-state index is 13.5. The molecular formula is C34H54O5. The predicted octanol–water partition coefficient (Wildman–Crippen LogP) is 7.52. The largest absolute Gasteiger partial charge is 0.469 e. The Labute approximate surface area is 237 Å². The Morgan fingerprint density at radius 3 is 2.15 bits per heavy atom. The van der Waals surface area contributed by atoms with Crippen LogP contribution in [-0.4, -0.2) is 38.4 Å². The number of esters is 2. The second-order valence-corrected chi connectivity index (χ2v) is 16.2. The van der Waals surface area contributed by atoms with Gasteiger partial charge in [-0.05, 0) is 97.2 Å². The SMILES string of the molecule is COC(=O)C12CCC(C)(C)CC1C1=CCC3C4(C)CC(OC)C(OC(C)=O)C(C)(C)C4CCC3(C)C1(C)CC2. The maximum absolute atomic E-state index is 13.5. The van der Waals surface area contributed by atoms with Gasteiger partial charge in [-0.2, -0.15) is 0 Å². The molecule has 5 aliphatic carbocycles. The van der Waals surface area contributed by atoms with Crippen LogP contribution in [0.4, 0.5) is 0 Å². The molecule has 5 aliphatic rings. The number of methoxy groups -OCH3 is 2. The van der Waals surface area contributed by atoms with E-state index in [9.17, 15) is 9.59 Å². The van der Waals surface area contributed by atoms with Crippen LogP contribution in [0, 0.1) is 50.2 Å².